The predicted molar refractivity (Wildman–Crippen MR) is 98.7 cm³/mol. The Morgan fingerprint density at radius 2 is 1.88 bits per heavy atom. The second-order valence-electron chi connectivity index (χ2n) is 7.41. The van der Waals surface area contributed by atoms with Crippen molar-refractivity contribution in [3.05, 3.63) is 29.8 Å². The van der Waals surface area contributed by atoms with Crippen LogP contribution in [-0.2, 0) is 4.79 Å². The summed E-state index contributed by atoms with van der Waals surface area (Å²) in [5.74, 6) is 1.32. The highest BCUT2D eigenvalue weighted by molar-refractivity contribution is 5.94. The second kappa shape index (κ2) is 8.88. The van der Waals surface area contributed by atoms with Crippen molar-refractivity contribution in [1.29, 1.82) is 0 Å². The average Bonchev–Trinajstić information content (AvgIpc) is 2.59. The Bertz CT molecular complexity index is 581. The average molecular weight is 346 g/mol. The van der Waals surface area contributed by atoms with Gasteiger partial charge in [-0.1, -0.05) is 13.8 Å². The Hall–Kier alpha value is -2.04. The van der Waals surface area contributed by atoms with Crippen LogP contribution in [0, 0.1) is 11.8 Å². The lowest BCUT2D eigenvalue weighted by molar-refractivity contribution is -0.136. The van der Waals surface area contributed by atoms with E-state index in [-0.39, 0.29) is 23.8 Å². The first-order valence-electron chi connectivity index (χ1n) is 9.19. The maximum absolute atomic E-state index is 12.1. The van der Waals surface area contributed by atoms with E-state index >= 15 is 0 Å². The van der Waals surface area contributed by atoms with E-state index in [1.807, 2.05) is 44.7 Å². The Morgan fingerprint density at radius 3 is 2.48 bits per heavy atom. The highest BCUT2D eigenvalue weighted by atomic mass is 16.5. The van der Waals surface area contributed by atoms with Gasteiger partial charge in [0.2, 0.25) is 5.91 Å². The van der Waals surface area contributed by atoms with E-state index in [9.17, 15) is 9.59 Å². The number of piperidine rings is 1. The van der Waals surface area contributed by atoms with Crippen LogP contribution in [0.2, 0.25) is 0 Å². The van der Waals surface area contributed by atoms with Crippen molar-refractivity contribution >= 4 is 11.8 Å². The fourth-order valence-electron chi connectivity index (χ4n) is 3.03. The first kappa shape index (κ1) is 19.3. The zero-order valence-corrected chi connectivity index (χ0v) is 15.7. The van der Waals surface area contributed by atoms with Crippen molar-refractivity contribution in [2.75, 3.05) is 19.7 Å². The molecule has 1 aliphatic heterocycles. The highest BCUT2D eigenvalue weighted by Crippen LogP contribution is 2.20. The normalized spacial score (nSPS) is 17.7. The molecule has 1 N–H and O–H groups in total. The molecular weight excluding hydrogens is 316 g/mol. The first-order valence-corrected chi connectivity index (χ1v) is 9.19. The van der Waals surface area contributed by atoms with E-state index in [0.29, 0.717) is 18.1 Å². The van der Waals surface area contributed by atoms with Crippen molar-refractivity contribution in [2.45, 2.75) is 46.6 Å². The summed E-state index contributed by atoms with van der Waals surface area (Å²) in [6.07, 6.45) is 2.11. The van der Waals surface area contributed by atoms with Crippen LogP contribution in [0.25, 0.3) is 0 Å². The van der Waals surface area contributed by atoms with Crippen LogP contribution in [0.5, 0.6) is 5.75 Å². The number of benzene rings is 1. The van der Waals surface area contributed by atoms with Crippen molar-refractivity contribution in [3.8, 4) is 5.75 Å². The summed E-state index contributed by atoms with van der Waals surface area (Å²) >= 11 is 0. The Balaban J connectivity index is 1.84. The minimum Gasteiger partial charge on any atom is -0.493 e. The number of likely N-dealkylation sites (tertiary alicyclic amines) is 1. The maximum Gasteiger partial charge on any atom is 0.251 e. The molecule has 0 radical (unpaired) electrons. The number of carbonyl (C=O) groups is 2. The molecule has 0 unspecified atom stereocenters. The number of hydrogen-bond donors (Lipinski definition) is 1. The summed E-state index contributed by atoms with van der Waals surface area (Å²) in [7, 11) is 0. The van der Waals surface area contributed by atoms with E-state index in [1.165, 1.54) is 0 Å². The van der Waals surface area contributed by atoms with E-state index in [0.717, 1.165) is 31.7 Å². The molecule has 0 bridgehead atoms. The molecule has 1 aromatic carbocycles. The van der Waals surface area contributed by atoms with Gasteiger partial charge in [0.25, 0.3) is 5.91 Å². The molecule has 5 nitrogen and oxygen atoms in total. The quantitative estimate of drug-likeness (QED) is 0.861. The smallest absolute Gasteiger partial charge is 0.251 e. The molecule has 0 spiro atoms. The molecule has 138 valence electrons. The fraction of sp³-hybridized carbons (Fsp3) is 0.600. The molecule has 1 fully saturated rings. The van der Waals surface area contributed by atoms with Gasteiger partial charge in [-0.2, -0.15) is 0 Å². The Labute approximate surface area is 150 Å². The molecule has 0 aliphatic carbocycles. The zero-order chi connectivity index (χ0) is 18.4. The van der Waals surface area contributed by atoms with E-state index in [4.69, 9.17) is 4.74 Å². The summed E-state index contributed by atoms with van der Waals surface area (Å²) in [5, 5.41) is 2.87. The molecule has 5 heteroatoms. The monoisotopic (exact) mass is 346 g/mol. The second-order valence-corrected chi connectivity index (χ2v) is 7.41. The Kier molecular flexibility index (Phi) is 6.85. The number of hydrogen-bond acceptors (Lipinski definition) is 3. The first-order chi connectivity index (χ1) is 11.9. The molecule has 1 heterocycles. The van der Waals surface area contributed by atoms with Gasteiger partial charge in [0.1, 0.15) is 5.75 Å². The van der Waals surface area contributed by atoms with Crippen LogP contribution in [0.4, 0.5) is 0 Å². The van der Waals surface area contributed by atoms with Crippen molar-refractivity contribution < 1.29 is 14.3 Å². The molecule has 1 saturated heterocycles. The summed E-state index contributed by atoms with van der Waals surface area (Å²) in [6, 6.07) is 7.33. The summed E-state index contributed by atoms with van der Waals surface area (Å²) < 4.78 is 5.88. The van der Waals surface area contributed by atoms with E-state index < -0.39 is 0 Å². The SMILES string of the molecule is CC(C)NC(=O)c1ccc(OC[C@H]2CCCN(C(=O)C(C)C)C2)cc1. The van der Waals surface area contributed by atoms with E-state index in [1.54, 1.807) is 12.1 Å². The predicted octanol–water partition coefficient (Wildman–Crippen LogP) is 3.10. The molecule has 2 rings (SSSR count). The summed E-state index contributed by atoms with van der Waals surface area (Å²) in [5.41, 5.74) is 0.632. The van der Waals surface area contributed by atoms with Crippen LogP contribution in [-0.4, -0.2) is 42.5 Å². The lowest BCUT2D eigenvalue weighted by Crippen LogP contribution is -2.43. The largest absolute Gasteiger partial charge is 0.493 e. The maximum atomic E-state index is 12.1. The van der Waals surface area contributed by atoms with Gasteiger partial charge in [-0.25, -0.2) is 0 Å². The number of carbonyl (C=O) groups excluding carboxylic acids is 2. The molecule has 2 amide bonds. The minimum absolute atomic E-state index is 0.0456. The van der Waals surface area contributed by atoms with Crippen LogP contribution in [0.1, 0.15) is 50.9 Å². The standard InChI is InChI=1S/C20H30N2O3/c1-14(2)20(24)22-11-5-6-16(12-22)13-25-18-9-7-17(8-10-18)19(23)21-15(3)4/h7-10,14-16H,5-6,11-13H2,1-4H3,(H,21,23)/t16-/m0/s1. The van der Waals surface area contributed by atoms with Gasteiger partial charge >= 0.3 is 0 Å². The number of rotatable bonds is 6. The fourth-order valence-corrected chi connectivity index (χ4v) is 3.03. The van der Waals surface area contributed by atoms with Crippen LogP contribution >= 0.6 is 0 Å². The van der Waals surface area contributed by atoms with Crippen molar-refractivity contribution in [1.82, 2.24) is 10.2 Å². The molecule has 0 saturated carbocycles. The van der Waals surface area contributed by atoms with Crippen molar-refractivity contribution in [3.63, 3.8) is 0 Å². The number of amides is 2. The van der Waals surface area contributed by atoms with Gasteiger partial charge in [-0.15, -0.1) is 0 Å². The van der Waals surface area contributed by atoms with Gasteiger partial charge in [0, 0.05) is 36.5 Å². The number of nitrogens with one attached hydrogen (secondary N) is 1. The number of nitrogens with zero attached hydrogens (tertiary/aromatic N) is 1. The minimum atomic E-state index is -0.0725. The molecule has 0 aromatic heterocycles. The lowest BCUT2D eigenvalue weighted by Gasteiger charge is -2.33. The molecule has 25 heavy (non-hydrogen) atoms. The van der Waals surface area contributed by atoms with Gasteiger partial charge < -0.3 is 15.0 Å². The highest BCUT2D eigenvalue weighted by Gasteiger charge is 2.25. The van der Waals surface area contributed by atoms with Gasteiger partial charge in [0.05, 0.1) is 6.61 Å². The number of ether oxygens (including phenoxy) is 1. The van der Waals surface area contributed by atoms with Crippen molar-refractivity contribution in [2.24, 2.45) is 11.8 Å². The summed E-state index contributed by atoms with van der Waals surface area (Å²) in [6.45, 7) is 9.98. The third-order valence-electron chi connectivity index (χ3n) is 4.35. The third kappa shape index (κ3) is 5.76. The summed E-state index contributed by atoms with van der Waals surface area (Å²) in [4.78, 5) is 26.0. The molecule has 1 aliphatic rings. The van der Waals surface area contributed by atoms with Crippen LogP contribution in [0.3, 0.4) is 0 Å². The topological polar surface area (TPSA) is 58.6 Å². The van der Waals surface area contributed by atoms with Crippen LogP contribution in [0.15, 0.2) is 24.3 Å². The molecule has 1 aromatic rings. The van der Waals surface area contributed by atoms with Gasteiger partial charge in [0.15, 0.2) is 0 Å². The van der Waals surface area contributed by atoms with E-state index in [2.05, 4.69) is 5.32 Å². The zero-order valence-electron chi connectivity index (χ0n) is 15.7. The molecule has 1 atom stereocenters. The lowest BCUT2D eigenvalue weighted by atomic mass is 9.98. The van der Waals surface area contributed by atoms with Gasteiger partial charge in [-0.3, -0.25) is 9.59 Å². The van der Waals surface area contributed by atoms with Crippen LogP contribution < -0.4 is 10.1 Å². The van der Waals surface area contributed by atoms with Gasteiger partial charge in [-0.05, 0) is 51.0 Å². The third-order valence-corrected chi connectivity index (χ3v) is 4.35. The molecular formula is C20H30N2O3. The Morgan fingerprint density at radius 1 is 1.20 bits per heavy atom.